The summed E-state index contributed by atoms with van der Waals surface area (Å²) in [4.78, 5) is 11.4. The Hall–Kier alpha value is -0.740. The van der Waals surface area contributed by atoms with Crippen molar-refractivity contribution in [2.45, 2.75) is 0 Å². The standard InChI is InChI=1S/C9H8BrClO3/c1-13-6-4-3-5(11)8(10)7(6)9(12)14-2/h3-4H,1-2H3. The van der Waals surface area contributed by atoms with Gasteiger partial charge in [-0.3, -0.25) is 0 Å². The summed E-state index contributed by atoms with van der Waals surface area (Å²) in [7, 11) is 2.78. The molecule has 0 saturated carbocycles. The molecule has 14 heavy (non-hydrogen) atoms. The Balaban J connectivity index is 3.35. The van der Waals surface area contributed by atoms with Gasteiger partial charge in [0.2, 0.25) is 0 Å². The van der Waals surface area contributed by atoms with E-state index in [4.69, 9.17) is 16.3 Å². The van der Waals surface area contributed by atoms with Crippen LogP contribution in [0, 0.1) is 0 Å². The molecule has 0 spiro atoms. The number of hydrogen-bond donors (Lipinski definition) is 0. The number of benzene rings is 1. The molecule has 3 nitrogen and oxygen atoms in total. The molecule has 0 heterocycles. The first-order valence-electron chi connectivity index (χ1n) is 3.72. The van der Waals surface area contributed by atoms with Crippen LogP contribution in [0.1, 0.15) is 10.4 Å². The predicted molar refractivity (Wildman–Crippen MR) is 57.0 cm³/mol. The molecule has 0 atom stereocenters. The van der Waals surface area contributed by atoms with Crippen LogP contribution in [-0.2, 0) is 4.74 Å². The maximum atomic E-state index is 11.4. The van der Waals surface area contributed by atoms with E-state index in [0.29, 0.717) is 20.8 Å². The number of hydrogen-bond acceptors (Lipinski definition) is 3. The lowest BCUT2D eigenvalue weighted by Gasteiger charge is -2.09. The third kappa shape index (κ3) is 2.01. The minimum atomic E-state index is -0.490. The molecule has 0 aromatic heterocycles. The van der Waals surface area contributed by atoms with E-state index < -0.39 is 5.97 Å². The summed E-state index contributed by atoms with van der Waals surface area (Å²) in [5, 5.41) is 0.436. The molecule has 0 unspecified atom stereocenters. The van der Waals surface area contributed by atoms with Crippen molar-refractivity contribution in [2.75, 3.05) is 14.2 Å². The zero-order chi connectivity index (χ0) is 10.7. The average molecular weight is 280 g/mol. The van der Waals surface area contributed by atoms with Gasteiger partial charge in [-0.15, -0.1) is 0 Å². The van der Waals surface area contributed by atoms with Crippen molar-refractivity contribution in [3.05, 3.63) is 27.2 Å². The maximum Gasteiger partial charge on any atom is 0.342 e. The predicted octanol–water partition coefficient (Wildman–Crippen LogP) is 2.90. The van der Waals surface area contributed by atoms with Gasteiger partial charge in [-0.1, -0.05) is 11.6 Å². The summed E-state index contributed by atoms with van der Waals surface area (Å²) in [6.45, 7) is 0. The molecule has 0 aliphatic rings. The second-order valence-corrected chi connectivity index (χ2v) is 3.63. The fourth-order valence-electron chi connectivity index (χ4n) is 0.995. The second kappa shape index (κ2) is 4.66. The summed E-state index contributed by atoms with van der Waals surface area (Å²) in [5.74, 6) is -0.0654. The quantitative estimate of drug-likeness (QED) is 0.781. The molecule has 0 saturated heterocycles. The number of carbonyl (C=O) groups is 1. The zero-order valence-electron chi connectivity index (χ0n) is 7.64. The number of carbonyl (C=O) groups excluding carboxylic acids is 1. The molecular formula is C9H8BrClO3. The molecule has 5 heteroatoms. The van der Waals surface area contributed by atoms with E-state index in [2.05, 4.69) is 20.7 Å². The lowest BCUT2D eigenvalue weighted by atomic mass is 10.2. The van der Waals surface area contributed by atoms with E-state index in [9.17, 15) is 4.79 Å². The molecule has 76 valence electrons. The number of ether oxygens (including phenoxy) is 2. The largest absolute Gasteiger partial charge is 0.496 e. The summed E-state index contributed by atoms with van der Waals surface area (Å²) in [6, 6.07) is 3.25. The minimum absolute atomic E-state index is 0.294. The highest BCUT2D eigenvalue weighted by Crippen LogP contribution is 2.33. The maximum absolute atomic E-state index is 11.4. The van der Waals surface area contributed by atoms with E-state index in [-0.39, 0.29) is 0 Å². The van der Waals surface area contributed by atoms with Crippen LogP contribution in [0.5, 0.6) is 5.75 Å². The lowest BCUT2D eigenvalue weighted by Crippen LogP contribution is -2.05. The smallest absolute Gasteiger partial charge is 0.342 e. The van der Waals surface area contributed by atoms with Crippen molar-refractivity contribution < 1.29 is 14.3 Å². The van der Waals surface area contributed by atoms with Crippen LogP contribution in [-0.4, -0.2) is 20.2 Å². The van der Waals surface area contributed by atoms with Gasteiger partial charge in [0, 0.05) is 0 Å². The van der Waals surface area contributed by atoms with Crippen molar-refractivity contribution in [1.82, 2.24) is 0 Å². The van der Waals surface area contributed by atoms with Gasteiger partial charge >= 0.3 is 5.97 Å². The summed E-state index contributed by atoms with van der Waals surface area (Å²) >= 11 is 9.03. The third-order valence-corrected chi connectivity index (χ3v) is 3.03. The van der Waals surface area contributed by atoms with Crippen molar-refractivity contribution in [1.29, 1.82) is 0 Å². The van der Waals surface area contributed by atoms with Gasteiger partial charge < -0.3 is 9.47 Å². The number of esters is 1. The van der Waals surface area contributed by atoms with Crippen LogP contribution in [0.25, 0.3) is 0 Å². The Morgan fingerprint density at radius 1 is 1.43 bits per heavy atom. The molecule has 0 radical (unpaired) electrons. The second-order valence-electron chi connectivity index (χ2n) is 2.43. The van der Waals surface area contributed by atoms with Gasteiger partial charge in [0.15, 0.2) is 0 Å². The molecule has 1 aromatic carbocycles. The van der Waals surface area contributed by atoms with Crippen LogP contribution in [0.4, 0.5) is 0 Å². The van der Waals surface area contributed by atoms with Crippen molar-refractivity contribution in [3.63, 3.8) is 0 Å². The Kier molecular flexibility index (Phi) is 3.77. The normalized spacial score (nSPS) is 9.71. The average Bonchev–Trinajstić information content (AvgIpc) is 2.20. The Morgan fingerprint density at radius 2 is 2.07 bits per heavy atom. The first-order chi connectivity index (χ1) is 6.61. The molecule has 0 amide bonds. The Bertz CT molecular complexity index is 365. The third-order valence-electron chi connectivity index (χ3n) is 1.67. The molecule has 0 bridgehead atoms. The van der Waals surface area contributed by atoms with Crippen molar-refractivity contribution in [2.24, 2.45) is 0 Å². The van der Waals surface area contributed by atoms with Gasteiger partial charge in [-0.2, -0.15) is 0 Å². The van der Waals surface area contributed by atoms with E-state index >= 15 is 0 Å². The first-order valence-corrected chi connectivity index (χ1v) is 4.89. The highest BCUT2D eigenvalue weighted by molar-refractivity contribution is 9.10. The van der Waals surface area contributed by atoms with Crippen LogP contribution < -0.4 is 4.74 Å². The zero-order valence-corrected chi connectivity index (χ0v) is 9.98. The molecule has 0 N–H and O–H groups in total. The van der Waals surface area contributed by atoms with Crippen molar-refractivity contribution in [3.8, 4) is 5.75 Å². The fourth-order valence-corrected chi connectivity index (χ4v) is 1.64. The minimum Gasteiger partial charge on any atom is -0.496 e. The molecule has 1 rings (SSSR count). The van der Waals surface area contributed by atoms with E-state index in [0.717, 1.165) is 0 Å². The molecule has 0 aliphatic carbocycles. The van der Waals surface area contributed by atoms with Gasteiger partial charge in [-0.25, -0.2) is 4.79 Å². The summed E-state index contributed by atoms with van der Waals surface area (Å²) in [5.41, 5.74) is 0.294. The van der Waals surface area contributed by atoms with E-state index in [1.54, 1.807) is 12.1 Å². The molecule has 0 aliphatic heterocycles. The summed E-state index contributed by atoms with van der Waals surface area (Å²) < 4.78 is 10.1. The van der Waals surface area contributed by atoms with Gasteiger partial charge in [-0.05, 0) is 28.1 Å². The molecule has 0 fully saturated rings. The summed E-state index contributed by atoms with van der Waals surface area (Å²) in [6.07, 6.45) is 0. The van der Waals surface area contributed by atoms with Crippen LogP contribution >= 0.6 is 27.5 Å². The van der Waals surface area contributed by atoms with Gasteiger partial charge in [0.1, 0.15) is 11.3 Å². The fraction of sp³-hybridized carbons (Fsp3) is 0.222. The number of methoxy groups -OCH3 is 2. The Morgan fingerprint density at radius 3 is 2.57 bits per heavy atom. The number of halogens is 2. The molecule has 1 aromatic rings. The van der Waals surface area contributed by atoms with Crippen molar-refractivity contribution >= 4 is 33.5 Å². The highest BCUT2D eigenvalue weighted by atomic mass is 79.9. The first kappa shape index (κ1) is 11.3. The van der Waals surface area contributed by atoms with Gasteiger partial charge in [0.05, 0.1) is 23.7 Å². The van der Waals surface area contributed by atoms with Crippen LogP contribution in [0.15, 0.2) is 16.6 Å². The van der Waals surface area contributed by atoms with Crippen LogP contribution in [0.2, 0.25) is 5.02 Å². The molecular weight excluding hydrogens is 271 g/mol. The van der Waals surface area contributed by atoms with Crippen LogP contribution in [0.3, 0.4) is 0 Å². The lowest BCUT2D eigenvalue weighted by molar-refractivity contribution is 0.0596. The Labute approximate surface area is 95.1 Å². The highest BCUT2D eigenvalue weighted by Gasteiger charge is 2.18. The topological polar surface area (TPSA) is 35.5 Å². The van der Waals surface area contributed by atoms with E-state index in [1.807, 2.05) is 0 Å². The van der Waals surface area contributed by atoms with E-state index in [1.165, 1.54) is 14.2 Å². The monoisotopic (exact) mass is 278 g/mol. The SMILES string of the molecule is COC(=O)c1c(OC)ccc(Cl)c1Br. The number of rotatable bonds is 2. The van der Waals surface area contributed by atoms with Gasteiger partial charge in [0.25, 0.3) is 0 Å².